The van der Waals surface area contributed by atoms with Gasteiger partial charge in [-0.1, -0.05) is 35.4 Å². The van der Waals surface area contributed by atoms with Crippen LogP contribution in [-0.2, 0) is 23.4 Å². The summed E-state index contributed by atoms with van der Waals surface area (Å²) in [5.74, 6) is 0. The number of aryl methyl sites for hydroxylation is 2. The van der Waals surface area contributed by atoms with Gasteiger partial charge in [-0.25, -0.2) is 8.42 Å². The highest BCUT2D eigenvalue weighted by Gasteiger charge is 2.11. The molecule has 0 spiro atoms. The van der Waals surface area contributed by atoms with Gasteiger partial charge in [-0.2, -0.15) is 8.42 Å². The molecule has 0 aliphatic carbocycles. The maximum atomic E-state index is 11.1. The predicted octanol–water partition coefficient (Wildman–Crippen LogP) is 3.25. The summed E-state index contributed by atoms with van der Waals surface area (Å²) in [5.41, 5.74) is 2.03. The summed E-state index contributed by atoms with van der Waals surface area (Å²) in [6.07, 6.45) is 0. The lowest BCUT2D eigenvalue weighted by molar-refractivity contribution is 0.398. The fourth-order valence-corrected chi connectivity index (χ4v) is 2.93. The normalized spacial score (nSPS) is 11.5. The van der Waals surface area contributed by atoms with E-state index in [1.165, 1.54) is 24.3 Å². The molecule has 0 unspecified atom stereocenters. The van der Waals surface area contributed by atoms with Crippen molar-refractivity contribution in [1.82, 2.24) is 0 Å². The van der Waals surface area contributed by atoms with E-state index in [4.69, 9.17) is 10.7 Å². The number of benzene rings is 2. The van der Waals surface area contributed by atoms with Crippen molar-refractivity contribution in [3.05, 3.63) is 59.7 Å². The molecule has 0 aliphatic heterocycles. The number of hydrogen-bond donors (Lipinski definition) is 0. The van der Waals surface area contributed by atoms with E-state index < -0.39 is 19.2 Å². The van der Waals surface area contributed by atoms with Crippen molar-refractivity contribution in [3.63, 3.8) is 0 Å². The van der Waals surface area contributed by atoms with Crippen LogP contribution in [0.25, 0.3) is 0 Å². The van der Waals surface area contributed by atoms with E-state index >= 15 is 0 Å². The third-order valence-electron chi connectivity index (χ3n) is 2.83. The lowest BCUT2D eigenvalue weighted by Gasteiger charge is -2.00. The third kappa shape index (κ3) is 6.31. The van der Waals surface area contributed by atoms with Gasteiger partial charge in [0, 0.05) is 10.7 Å². The average Bonchev–Trinajstić information content (AvgIpc) is 2.48. The van der Waals surface area contributed by atoms with Crippen LogP contribution in [0.3, 0.4) is 0 Å². The maximum absolute atomic E-state index is 11.1. The first kappa shape index (κ1) is 19.6. The Morgan fingerprint density at radius 2 is 1.09 bits per heavy atom. The number of hydrogen-bond acceptors (Lipinski definition) is 5. The molecule has 0 bridgehead atoms. The van der Waals surface area contributed by atoms with Crippen molar-refractivity contribution < 1.29 is 21.0 Å². The molecule has 0 aliphatic rings. The highest BCUT2D eigenvalue weighted by molar-refractivity contribution is 8.13. The fourth-order valence-electron chi connectivity index (χ4n) is 1.50. The van der Waals surface area contributed by atoms with Gasteiger partial charge < -0.3 is 0 Å². The smallest absolute Gasteiger partial charge is 0.270 e. The zero-order chi connectivity index (χ0) is 17.7. The van der Waals surface area contributed by atoms with Crippen LogP contribution in [0.2, 0.25) is 0 Å². The second kappa shape index (κ2) is 7.92. The Kier molecular flexibility index (Phi) is 6.76. The molecule has 0 radical (unpaired) electrons. The Morgan fingerprint density at radius 1 is 0.739 bits per heavy atom. The molecule has 2 rings (SSSR count). The molecule has 126 valence electrons. The highest BCUT2D eigenvalue weighted by atomic mass is 35.7. The van der Waals surface area contributed by atoms with E-state index in [0.29, 0.717) is 0 Å². The van der Waals surface area contributed by atoms with E-state index in [9.17, 15) is 16.8 Å². The van der Waals surface area contributed by atoms with Crippen LogP contribution >= 0.6 is 10.7 Å². The lowest BCUT2D eigenvalue weighted by atomic mass is 10.2. The Balaban J connectivity index is 0.000000231. The van der Waals surface area contributed by atoms with E-state index in [-0.39, 0.29) is 9.79 Å². The minimum Gasteiger partial charge on any atom is -0.270 e. The molecular weight excluding hydrogens is 360 g/mol. The number of rotatable bonds is 3. The van der Waals surface area contributed by atoms with Crippen molar-refractivity contribution >= 4 is 29.9 Å². The summed E-state index contributed by atoms with van der Waals surface area (Å²) in [7, 11) is -0.831. The summed E-state index contributed by atoms with van der Waals surface area (Å²) in [6.45, 7) is 3.77. The van der Waals surface area contributed by atoms with E-state index in [0.717, 1.165) is 18.2 Å². The Bertz CT molecular complexity index is 840. The molecule has 0 aromatic heterocycles. The van der Waals surface area contributed by atoms with Gasteiger partial charge in [0.2, 0.25) is 0 Å². The Morgan fingerprint density at radius 3 is 1.39 bits per heavy atom. The molecule has 0 heterocycles. The van der Waals surface area contributed by atoms with Gasteiger partial charge in [0.15, 0.2) is 0 Å². The first-order chi connectivity index (χ1) is 10.6. The van der Waals surface area contributed by atoms with Crippen LogP contribution in [0, 0.1) is 13.8 Å². The molecule has 8 heteroatoms. The van der Waals surface area contributed by atoms with Gasteiger partial charge in [-0.3, -0.25) is 4.18 Å². The van der Waals surface area contributed by atoms with Crippen LogP contribution in [-0.4, -0.2) is 23.9 Å². The summed E-state index contributed by atoms with van der Waals surface area (Å²) in [4.78, 5) is 0.334. The SMILES string of the molecule is COS(=O)(=O)c1ccc(C)cc1.Cc1ccc(S(=O)(=O)Cl)cc1. The van der Waals surface area contributed by atoms with Gasteiger partial charge in [-0.15, -0.1) is 0 Å². The quantitative estimate of drug-likeness (QED) is 0.607. The maximum Gasteiger partial charge on any atom is 0.296 e. The molecule has 0 atom stereocenters. The zero-order valence-corrected chi connectivity index (χ0v) is 15.2. The standard InChI is InChI=1S/C8H10O3S.C7H7ClO2S/c1-7-3-5-8(6-4-7)12(9,10)11-2;1-6-2-4-7(5-3-6)11(8,9)10/h3-6H,1-2H3;2-5H,1H3. The van der Waals surface area contributed by atoms with Gasteiger partial charge in [0.05, 0.1) is 16.9 Å². The monoisotopic (exact) mass is 376 g/mol. The van der Waals surface area contributed by atoms with Crippen LogP contribution < -0.4 is 0 Å². The van der Waals surface area contributed by atoms with Crippen molar-refractivity contribution in [2.75, 3.05) is 7.11 Å². The zero-order valence-electron chi connectivity index (χ0n) is 12.9. The highest BCUT2D eigenvalue weighted by Crippen LogP contribution is 2.14. The van der Waals surface area contributed by atoms with Crippen LogP contribution in [0.4, 0.5) is 0 Å². The number of halogens is 1. The largest absolute Gasteiger partial charge is 0.296 e. The third-order valence-corrected chi connectivity index (χ3v) is 5.49. The molecule has 0 amide bonds. The van der Waals surface area contributed by atoms with Gasteiger partial charge in [0.25, 0.3) is 19.2 Å². The lowest BCUT2D eigenvalue weighted by Crippen LogP contribution is -2.02. The summed E-state index contributed by atoms with van der Waals surface area (Å²) in [5, 5.41) is 0. The Hall–Kier alpha value is -1.41. The van der Waals surface area contributed by atoms with Crippen LogP contribution in [0.1, 0.15) is 11.1 Å². The topological polar surface area (TPSA) is 77.5 Å². The minimum atomic E-state index is -3.55. The second-order valence-corrected chi connectivity index (χ2v) is 8.96. The molecule has 5 nitrogen and oxygen atoms in total. The van der Waals surface area contributed by atoms with E-state index in [2.05, 4.69) is 4.18 Å². The Labute approximate surface area is 141 Å². The molecule has 2 aromatic carbocycles. The van der Waals surface area contributed by atoms with Gasteiger partial charge in [-0.05, 0) is 38.1 Å². The van der Waals surface area contributed by atoms with Gasteiger partial charge >= 0.3 is 0 Å². The minimum absolute atomic E-state index is 0.143. The predicted molar refractivity (Wildman–Crippen MR) is 89.6 cm³/mol. The molecule has 0 fully saturated rings. The van der Waals surface area contributed by atoms with E-state index in [1.54, 1.807) is 24.3 Å². The summed E-state index contributed by atoms with van der Waals surface area (Å²) >= 11 is 0. The van der Waals surface area contributed by atoms with Crippen LogP contribution in [0.5, 0.6) is 0 Å². The average molecular weight is 377 g/mol. The first-order valence-corrected chi connectivity index (χ1v) is 10.2. The summed E-state index contributed by atoms with van der Waals surface area (Å²) in [6, 6.07) is 12.9. The van der Waals surface area contributed by atoms with Crippen molar-refractivity contribution in [2.45, 2.75) is 23.6 Å². The second-order valence-electron chi connectivity index (χ2n) is 4.68. The first-order valence-electron chi connectivity index (χ1n) is 6.45. The molecular formula is C15H17ClO5S2. The molecule has 0 saturated heterocycles. The van der Waals surface area contributed by atoms with E-state index in [1.807, 2.05) is 13.8 Å². The van der Waals surface area contributed by atoms with Crippen molar-refractivity contribution in [2.24, 2.45) is 0 Å². The molecule has 0 N–H and O–H groups in total. The fraction of sp³-hybridized carbons (Fsp3) is 0.200. The van der Waals surface area contributed by atoms with Crippen molar-refractivity contribution in [1.29, 1.82) is 0 Å². The summed E-state index contributed by atoms with van der Waals surface area (Å²) < 4.78 is 47.9. The molecule has 2 aromatic rings. The van der Waals surface area contributed by atoms with Crippen molar-refractivity contribution in [3.8, 4) is 0 Å². The molecule has 0 saturated carbocycles. The van der Waals surface area contributed by atoms with Gasteiger partial charge in [0.1, 0.15) is 0 Å². The molecule has 23 heavy (non-hydrogen) atoms. The van der Waals surface area contributed by atoms with Crippen LogP contribution in [0.15, 0.2) is 58.3 Å².